The van der Waals surface area contributed by atoms with Crippen LogP contribution in [0.5, 0.6) is 0 Å². The summed E-state index contributed by atoms with van der Waals surface area (Å²) in [5.74, 6) is 0.861. The Hall–Kier alpha value is -1.66. The zero-order valence-electron chi connectivity index (χ0n) is 13.4. The van der Waals surface area contributed by atoms with Crippen LogP contribution in [-0.2, 0) is 20.1 Å². The van der Waals surface area contributed by atoms with Gasteiger partial charge in [-0.05, 0) is 27.1 Å². The van der Waals surface area contributed by atoms with Crippen molar-refractivity contribution in [3.63, 3.8) is 0 Å². The lowest BCUT2D eigenvalue weighted by atomic mass is 10.4. The standard InChI is InChI=1S/C6H11N3.C6H10N2O.C2H6/c1-7-5-6-3-4-8-9(6)2;1-5-3-6(4-7-2)8-9-5;1-2/h3-4,7H,5H2,1-2H3;3,7H,4H2,1-2H3;1-2H3. The molecule has 0 atom stereocenters. The Bertz CT molecular complexity index is 450. The minimum Gasteiger partial charge on any atom is -0.361 e. The van der Waals surface area contributed by atoms with E-state index in [1.807, 2.05) is 58.7 Å². The first-order chi connectivity index (χ1) is 9.67. The molecule has 6 nitrogen and oxygen atoms in total. The van der Waals surface area contributed by atoms with E-state index in [2.05, 4.69) is 20.9 Å². The van der Waals surface area contributed by atoms with Crippen molar-refractivity contribution >= 4 is 0 Å². The van der Waals surface area contributed by atoms with Crippen molar-refractivity contribution in [2.75, 3.05) is 14.1 Å². The third-order valence-corrected chi connectivity index (χ3v) is 2.32. The molecule has 2 heterocycles. The van der Waals surface area contributed by atoms with E-state index in [1.165, 1.54) is 5.69 Å². The van der Waals surface area contributed by atoms with Crippen molar-refractivity contribution in [3.05, 3.63) is 35.5 Å². The van der Waals surface area contributed by atoms with Crippen LogP contribution in [0, 0.1) is 6.92 Å². The van der Waals surface area contributed by atoms with E-state index in [-0.39, 0.29) is 0 Å². The van der Waals surface area contributed by atoms with Gasteiger partial charge in [-0.1, -0.05) is 19.0 Å². The quantitative estimate of drug-likeness (QED) is 0.895. The summed E-state index contributed by atoms with van der Waals surface area (Å²) in [7, 11) is 5.74. The maximum absolute atomic E-state index is 4.83. The molecular weight excluding hydrogens is 254 g/mol. The largest absolute Gasteiger partial charge is 0.361 e. The van der Waals surface area contributed by atoms with Gasteiger partial charge in [-0.15, -0.1) is 0 Å². The summed E-state index contributed by atoms with van der Waals surface area (Å²) in [5.41, 5.74) is 2.16. The van der Waals surface area contributed by atoms with Gasteiger partial charge in [-0.2, -0.15) is 5.10 Å². The van der Waals surface area contributed by atoms with Gasteiger partial charge in [-0.3, -0.25) is 4.68 Å². The minimum absolute atomic E-state index is 0.775. The molecule has 20 heavy (non-hydrogen) atoms. The van der Waals surface area contributed by atoms with E-state index in [9.17, 15) is 0 Å². The van der Waals surface area contributed by atoms with Crippen molar-refractivity contribution in [3.8, 4) is 0 Å². The first-order valence-corrected chi connectivity index (χ1v) is 6.85. The molecule has 2 rings (SSSR count). The van der Waals surface area contributed by atoms with E-state index >= 15 is 0 Å². The second-order valence-electron chi connectivity index (χ2n) is 3.94. The molecule has 6 heteroatoms. The molecule has 0 unspecified atom stereocenters. The lowest BCUT2D eigenvalue weighted by Gasteiger charge is -1.97. The molecule has 0 aliphatic rings. The second kappa shape index (κ2) is 11.2. The Morgan fingerprint density at radius 1 is 1.20 bits per heavy atom. The number of hydrogen-bond acceptors (Lipinski definition) is 5. The fourth-order valence-electron chi connectivity index (χ4n) is 1.44. The fourth-order valence-corrected chi connectivity index (χ4v) is 1.44. The van der Waals surface area contributed by atoms with E-state index in [4.69, 9.17) is 4.52 Å². The predicted molar refractivity (Wildman–Crippen MR) is 81.3 cm³/mol. The molecule has 0 bridgehead atoms. The van der Waals surface area contributed by atoms with E-state index < -0.39 is 0 Å². The van der Waals surface area contributed by atoms with Crippen LogP contribution >= 0.6 is 0 Å². The SMILES string of the molecule is CC.CNCc1cc(C)on1.CNCc1ccnn1C. The van der Waals surface area contributed by atoms with Gasteiger partial charge in [0.05, 0.1) is 11.4 Å². The average Bonchev–Trinajstić information content (AvgIpc) is 3.04. The van der Waals surface area contributed by atoms with E-state index in [0.717, 1.165) is 24.5 Å². The van der Waals surface area contributed by atoms with Crippen molar-refractivity contribution in [2.45, 2.75) is 33.9 Å². The monoisotopic (exact) mass is 281 g/mol. The van der Waals surface area contributed by atoms with Crippen LogP contribution in [0.4, 0.5) is 0 Å². The van der Waals surface area contributed by atoms with Gasteiger partial charge < -0.3 is 15.2 Å². The molecule has 0 amide bonds. The van der Waals surface area contributed by atoms with E-state index in [0.29, 0.717) is 0 Å². The maximum Gasteiger partial charge on any atom is 0.133 e. The van der Waals surface area contributed by atoms with Crippen molar-refractivity contribution in [2.24, 2.45) is 7.05 Å². The molecule has 0 aromatic carbocycles. The Labute approximate surface area is 121 Å². The third-order valence-electron chi connectivity index (χ3n) is 2.32. The highest BCUT2D eigenvalue weighted by Crippen LogP contribution is 1.99. The summed E-state index contributed by atoms with van der Waals surface area (Å²) < 4.78 is 6.68. The predicted octanol–water partition coefficient (Wildman–Crippen LogP) is 1.87. The first kappa shape index (κ1) is 18.3. The van der Waals surface area contributed by atoms with Crippen molar-refractivity contribution < 1.29 is 4.52 Å². The molecular formula is C14H27N5O. The lowest BCUT2D eigenvalue weighted by Crippen LogP contribution is -2.09. The van der Waals surface area contributed by atoms with Gasteiger partial charge in [0.15, 0.2) is 0 Å². The highest BCUT2D eigenvalue weighted by Gasteiger charge is 1.95. The smallest absolute Gasteiger partial charge is 0.133 e. The minimum atomic E-state index is 0.775. The molecule has 114 valence electrons. The lowest BCUT2D eigenvalue weighted by molar-refractivity contribution is 0.389. The molecule has 0 radical (unpaired) electrons. The maximum atomic E-state index is 4.83. The molecule has 2 aromatic rings. The Morgan fingerprint density at radius 2 is 1.85 bits per heavy atom. The topological polar surface area (TPSA) is 67.9 Å². The summed E-state index contributed by atoms with van der Waals surface area (Å²) in [6.07, 6.45) is 1.80. The van der Waals surface area contributed by atoms with Gasteiger partial charge >= 0.3 is 0 Å². The van der Waals surface area contributed by atoms with E-state index in [1.54, 1.807) is 6.20 Å². The summed E-state index contributed by atoms with van der Waals surface area (Å²) in [4.78, 5) is 0. The molecule has 0 spiro atoms. The first-order valence-electron chi connectivity index (χ1n) is 6.85. The molecule has 0 saturated heterocycles. The van der Waals surface area contributed by atoms with Crippen LogP contribution in [0.2, 0.25) is 0 Å². The summed E-state index contributed by atoms with van der Waals surface area (Å²) >= 11 is 0. The molecule has 0 saturated carbocycles. The summed E-state index contributed by atoms with van der Waals surface area (Å²) in [6.45, 7) is 7.54. The van der Waals surface area contributed by atoms with Crippen LogP contribution in [-0.4, -0.2) is 29.0 Å². The Morgan fingerprint density at radius 3 is 2.25 bits per heavy atom. The van der Waals surface area contributed by atoms with Crippen LogP contribution < -0.4 is 10.6 Å². The van der Waals surface area contributed by atoms with Crippen LogP contribution in [0.15, 0.2) is 22.9 Å². The van der Waals surface area contributed by atoms with Crippen LogP contribution in [0.3, 0.4) is 0 Å². The number of aryl methyl sites for hydroxylation is 2. The highest BCUT2D eigenvalue weighted by atomic mass is 16.5. The number of hydrogen-bond donors (Lipinski definition) is 2. The fraction of sp³-hybridized carbons (Fsp3) is 0.571. The van der Waals surface area contributed by atoms with Gasteiger partial charge in [-0.25, -0.2) is 0 Å². The van der Waals surface area contributed by atoms with Crippen LogP contribution in [0.25, 0.3) is 0 Å². The van der Waals surface area contributed by atoms with Gasteiger partial charge in [0, 0.05) is 32.4 Å². The number of aromatic nitrogens is 3. The molecule has 0 aliphatic heterocycles. The second-order valence-corrected chi connectivity index (χ2v) is 3.94. The summed E-state index contributed by atoms with van der Waals surface area (Å²) in [5, 5.41) is 13.8. The zero-order chi connectivity index (χ0) is 15.4. The molecule has 0 aliphatic carbocycles. The molecule has 2 N–H and O–H groups in total. The Kier molecular flexibility index (Phi) is 10.3. The normalized spacial score (nSPS) is 9.30. The molecule has 2 aromatic heterocycles. The van der Waals surface area contributed by atoms with Crippen molar-refractivity contribution in [1.82, 2.24) is 25.6 Å². The van der Waals surface area contributed by atoms with Crippen molar-refractivity contribution in [1.29, 1.82) is 0 Å². The zero-order valence-corrected chi connectivity index (χ0v) is 13.4. The highest BCUT2D eigenvalue weighted by molar-refractivity contribution is 5.02. The van der Waals surface area contributed by atoms with Gasteiger partial charge in [0.25, 0.3) is 0 Å². The number of nitrogens with one attached hydrogen (secondary N) is 2. The Balaban J connectivity index is 0.000000321. The molecule has 0 fully saturated rings. The number of rotatable bonds is 4. The number of nitrogens with zero attached hydrogens (tertiary/aromatic N) is 3. The van der Waals surface area contributed by atoms with Gasteiger partial charge in [0.1, 0.15) is 5.76 Å². The van der Waals surface area contributed by atoms with Crippen LogP contribution in [0.1, 0.15) is 31.0 Å². The summed E-state index contributed by atoms with van der Waals surface area (Å²) in [6, 6.07) is 3.91. The van der Waals surface area contributed by atoms with Gasteiger partial charge in [0.2, 0.25) is 0 Å². The third kappa shape index (κ3) is 7.06. The average molecular weight is 281 g/mol.